The van der Waals surface area contributed by atoms with Gasteiger partial charge in [0.05, 0.1) is 5.92 Å². The van der Waals surface area contributed by atoms with Gasteiger partial charge in [-0.2, -0.15) is 4.98 Å². The number of nitrogens with one attached hydrogen (secondary N) is 1. The molecule has 4 rings (SSSR count). The minimum atomic E-state index is -0.688. The zero-order valence-electron chi connectivity index (χ0n) is 16.8. The van der Waals surface area contributed by atoms with E-state index in [1.807, 2.05) is 24.3 Å². The molecule has 1 saturated carbocycles. The Balaban J connectivity index is 1.37. The molecule has 0 aliphatic heterocycles. The molecule has 2 N–H and O–H groups in total. The van der Waals surface area contributed by atoms with E-state index < -0.39 is 5.97 Å². The van der Waals surface area contributed by atoms with Crippen molar-refractivity contribution in [3.8, 4) is 11.4 Å². The summed E-state index contributed by atoms with van der Waals surface area (Å²) in [7, 11) is 0. The van der Waals surface area contributed by atoms with Gasteiger partial charge in [-0.15, -0.1) is 0 Å². The van der Waals surface area contributed by atoms with Gasteiger partial charge in [-0.05, 0) is 36.7 Å². The van der Waals surface area contributed by atoms with Crippen LogP contribution in [0, 0.1) is 17.8 Å². The third-order valence-corrected chi connectivity index (χ3v) is 6.07. The number of carbonyl (C=O) groups is 1. The van der Waals surface area contributed by atoms with Gasteiger partial charge in [0, 0.05) is 23.7 Å². The highest BCUT2D eigenvalue weighted by Crippen LogP contribution is 2.29. The summed E-state index contributed by atoms with van der Waals surface area (Å²) in [6.45, 7) is 5.14. The third-order valence-electron chi connectivity index (χ3n) is 6.07. The Hall–Kier alpha value is -2.73. The van der Waals surface area contributed by atoms with Gasteiger partial charge in [0.25, 0.3) is 5.89 Å². The van der Waals surface area contributed by atoms with Crippen LogP contribution in [0.25, 0.3) is 17.0 Å². The van der Waals surface area contributed by atoms with Crippen LogP contribution in [0.15, 0.2) is 47.0 Å². The molecule has 2 aliphatic carbocycles. The van der Waals surface area contributed by atoms with Crippen molar-refractivity contribution in [3.63, 3.8) is 0 Å². The summed E-state index contributed by atoms with van der Waals surface area (Å²) in [5.74, 6) is 1.25. The predicted octanol–water partition coefficient (Wildman–Crippen LogP) is 4.30. The van der Waals surface area contributed by atoms with Crippen molar-refractivity contribution in [3.05, 3.63) is 53.9 Å². The number of benzene rings is 1. The van der Waals surface area contributed by atoms with Gasteiger partial charge in [-0.3, -0.25) is 4.79 Å². The second-order valence-electron chi connectivity index (χ2n) is 8.25. The summed E-state index contributed by atoms with van der Waals surface area (Å²) in [5.41, 5.74) is 3.15. The first-order valence-electron chi connectivity index (χ1n) is 10.3. The monoisotopic (exact) mass is 393 g/mol. The third kappa shape index (κ3) is 4.48. The van der Waals surface area contributed by atoms with E-state index >= 15 is 0 Å². The largest absolute Gasteiger partial charge is 0.481 e. The molecule has 0 amide bonds. The molecule has 1 aromatic heterocycles. The number of aliphatic carboxylic acids is 1. The fourth-order valence-electron chi connectivity index (χ4n) is 3.77. The Morgan fingerprint density at radius 3 is 2.69 bits per heavy atom. The lowest BCUT2D eigenvalue weighted by atomic mass is 9.80. The quantitative estimate of drug-likeness (QED) is 0.711. The molecule has 1 fully saturated rings. The van der Waals surface area contributed by atoms with Gasteiger partial charge in [0.1, 0.15) is 0 Å². The number of hydrogen-bond acceptors (Lipinski definition) is 5. The molecule has 6 nitrogen and oxygen atoms in total. The maximum absolute atomic E-state index is 10.9. The van der Waals surface area contributed by atoms with Gasteiger partial charge < -0.3 is 14.9 Å². The number of carboxylic acids is 1. The Bertz CT molecular complexity index is 923. The van der Waals surface area contributed by atoms with E-state index in [1.54, 1.807) is 0 Å². The molecular weight excluding hydrogens is 366 g/mol. The number of aromatic nitrogens is 2. The highest BCUT2D eigenvalue weighted by molar-refractivity contribution is 5.71. The minimum Gasteiger partial charge on any atom is -0.481 e. The fraction of sp³-hybridized carbons (Fsp3) is 0.435. The van der Waals surface area contributed by atoms with Crippen molar-refractivity contribution in [1.82, 2.24) is 15.5 Å². The minimum absolute atomic E-state index is 0.187. The van der Waals surface area contributed by atoms with E-state index in [0.717, 1.165) is 29.7 Å². The molecule has 2 atom stereocenters. The molecule has 0 radical (unpaired) electrons. The number of carboxylic acid groups (broad SMARTS) is 1. The SMILES string of the molecule is CC1C=CCC(c2nc(-c3ccc(CNC4CC(C(=O)O)C4)cc3)no2)=CC1C. The summed E-state index contributed by atoms with van der Waals surface area (Å²) >= 11 is 0. The van der Waals surface area contributed by atoms with Crippen LogP contribution in [0.4, 0.5) is 0 Å². The van der Waals surface area contributed by atoms with Gasteiger partial charge >= 0.3 is 5.97 Å². The van der Waals surface area contributed by atoms with Gasteiger partial charge in [-0.1, -0.05) is 61.5 Å². The van der Waals surface area contributed by atoms with E-state index in [-0.39, 0.29) is 5.92 Å². The fourth-order valence-corrected chi connectivity index (χ4v) is 3.77. The predicted molar refractivity (Wildman–Crippen MR) is 111 cm³/mol. The molecule has 2 aliphatic rings. The summed E-state index contributed by atoms with van der Waals surface area (Å²) in [4.78, 5) is 15.5. The molecule has 1 aromatic carbocycles. The normalized spacial score (nSPS) is 26.5. The lowest BCUT2D eigenvalue weighted by Crippen LogP contribution is -2.43. The van der Waals surface area contributed by atoms with E-state index in [1.165, 1.54) is 0 Å². The Kier molecular flexibility index (Phi) is 5.62. The first kappa shape index (κ1) is 19.6. The van der Waals surface area contributed by atoms with Gasteiger partial charge in [-0.25, -0.2) is 0 Å². The highest BCUT2D eigenvalue weighted by atomic mass is 16.5. The van der Waals surface area contributed by atoms with Crippen molar-refractivity contribution in [1.29, 1.82) is 0 Å². The second-order valence-corrected chi connectivity index (χ2v) is 8.25. The standard InChI is InChI=1S/C23H27N3O3/c1-14-4-3-5-18(10-15(14)2)22-25-21(26-29-22)17-8-6-16(7-9-17)13-24-20-11-19(12-20)23(27)28/h3-4,6-10,14-15,19-20,24H,5,11-13H2,1-2H3,(H,27,28). The first-order valence-corrected chi connectivity index (χ1v) is 10.3. The van der Waals surface area contributed by atoms with E-state index in [0.29, 0.717) is 42.4 Å². The molecule has 2 aromatic rings. The van der Waals surface area contributed by atoms with E-state index in [2.05, 4.69) is 47.5 Å². The number of nitrogens with zero attached hydrogens (tertiary/aromatic N) is 2. The molecule has 152 valence electrons. The van der Waals surface area contributed by atoms with Crippen molar-refractivity contribution in [2.75, 3.05) is 0 Å². The molecular formula is C23H27N3O3. The Labute approximate surface area is 170 Å². The lowest BCUT2D eigenvalue weighted by Gasteiger charge is -2.33. The van der Waals surface area contributed by atoms with Gasteiger partial charge in [0.15, 0.2) is 0 Å². The molecule has 1 heterocycles. The Morgan fingerprint density at radius 2 is 1.97 bits per heavy atom. The van der Waals surface area contributed by atoms with Crippen LogP contribution in [0.1, 0.15) is 44.6 Å². The molecule has 0 saturated heterocycles. The van der Waals surface area contributed by atoms with Crippen molar-refractivity contribution in [2.45, 2.75) is 45.7 Å². The molecule has 29 heavy (non-hydrogen) atoms. The van der Waals surface area contributed by atoms with Crippen molar-refractivity contribution in [2.24, 2.45) is 17.8 Å². The smallest absolute Gasteiger partial charge is 0.306 e. The van der Waals surface area contributed by atoms with E-state index in [4.69, 9.17) is 9.63 Å². The second kappa shape index (κ2) is 8.33. The summed E-state index contributed by atoms with van der Waals surface area (Å²) in [6, 6.07) is 8.38. The summed E-state index contributed by atoms with van der Waals surface area (Å²) in [5, 5.41) is 16.5. The van der Waals surface area contributed by atoms with Gasteiger partial charge in [0.2, 0.25) is 5.82 Å². The summed E-state index contributed by atoms with van der Waals surface area (Å²) < 4.78 is 5.53. The number of allylic oxidation sites excluding steroid dienone is 4. The maximum Gasteiger partial charge on any atom is 0.306 e. The topological polar surface area (TPSA) is 88.2 Å². The van der Waals surface area contributed by atoms with Crippen LogP contribution in [0.3, 0.4) is 0 Å². The maximum atomic E-state index is 10.9. The number of rotatable bonds is 6. The van der Waals surface area contributed by atoms with Crippen molar-refractivity contribution < 1.29 is 14.4 Å². The molecule has 0 bridgehead atoms. The van der Waals surface area contributed by atoms with Crippen LogP contribution >= 0.6 is 0 Å². The molecule has 0 spiro atoms. The zero-order valence-corrected chi connectivity index (χ0v) is 16.8. The first-order chi connectivity index (χ1) is 14.0. The van der Waals surface area contributed by atoms with Crippen LogP contribution in [-0.2, 0) is 11.3 Å². The van der Waals surface area contributed by atoms with E-state index in [9.17, 15) is 4.79 Å². The zero-order chi connectivity index (χ0) is 20.4. The average Bonchev–Trinajstić information content (AvgIpc) is 3.09. The van der Waals surface area contributed by atoms with Crippen LogP contribution in [0.2, 0.25) is 0 Å². The van der Waals surface area contributed by atoms with Crippen LogP contribution in [0.5, 0.6) is 0 Å². The number of hydrogen-bond donors (Lipinski definition) is 2. The lowest BCUT2D eigenvalue weighted by molar-refractivity contribution is -0.145. The summed E-state index contributed by atoms with van der Waals surface area (Å²) in [6.07, 6.45) is 8.87. The average molecular weight is 393 g/mol. The highest BCUT2D eigenvalue weighted by Gasteiger charge is 2.33. The van der Waals surface area contributed by atoms with Crippen LogP contribution < -0.4 is 5.32 Å². The molecule has 6 heteroatoms. The van der Waals surface area contributed by atoms with Crippen LogP contribution in [-0.4, -0.2) is 27.3 Å². The Morgan fingerprint density at radius 1 is 1.21 bits per heavy atom. The molecule has 2 unspecified atom stereocenters. The van der Waals surface area contributed by atoms with Crippen molar-refractivity contribution >= 4 is 11.5 Å².